The van der Waals surface area contributed by atoms with E-state index in [0.717, 1.165) is 32.5 Å². The molecular formula is C26H37N3O6S. The molecular weight excluding hydrogens is 482 g/mol. The highest BCUT2D eigenvalue weighted by atomic mass is 32.2. The molecule has 36 heavy (non-hydrogen) atoms. The number of fused-ring (bicyclic) bond motifs is 2. The number of hydrogen-bond acceptors (Lipinski definition) is 8. The maximum absolute atomic E-state index is 14.2. The van der Waals surface area contributed by atoms with Gasteiger partial charge in [-0.25, -0.2) is 0 Å². The lowest BCUT2D eigenvalue weighted by molar-refractivity contribution is -0.153. The third-order valence-corrected chi connectivity index (χ3v) is 9.78. The number of morpholine rings is 1. The number of aliphatic hydroxyl groups is 1. The molecule has 5 rings (SSSR count). The number of cyclic esters (lactones) is 1. The van der Waals surface area contributed by atoms with E-state index in [9.17, 15) is 19.5 Å². The number of amides is 2. The van der Waals surface area contributed by atoms with Crippen LogP contribution in [0.1, 0.15) is 25.7 Å². The second-order valence-electron chi connectivity index (χ2n) is 10.2. The number of carbonyl (C=O) groups excluding carboxylic acids is 3. The van der Waals surface area contributed by atoms with Crippen LogP contribution in [0, 0.1) is 11.8 Å². The Kier molecular flexibility index (Phi) is 8.05. The zero-order chi connectivity index (χ0) is 25.1. The van der Waals surface area contributed by atoms with Crippen LogP contribution >= 0.6 is 11.8 Å². The van der Waals surface area contributed by atoms with Crippen molar-refractivity contribution in [2.45, 2.75) is 41.7 Å². The van der Waals surface area contributed by atoms with E-state index in [1.165, 1.54) is 0 Å². The lowest BCUT2D eigenvalue weighted by atomic mass is 9.78. The molecule has 5 aliphatic heterocycles. The Bertz CT molecular complexity index is 906. The predicted octanol–water partition coefficient (Wildman–Crippen LogP) is 0.680. The van der Waals surface area contributed by atoms with Crippen molar-refractivity contribution in [1.29, 1.82) is 0 Å². The summed E-state index contributed by atoms with van der Waals surface area (Å²) in [5.41, 5.74) is 0. The summed E-state index contributed by atoms with van der Waals surface area (Å²) in [6.45, 7) is 5.73. The van der Waals surface area contributed by atoms with E-state index in [1.807, 2.05) is 17.1 Å². The number of thioether (sulfide) groups is 1. The fraction of sp³-hybridized carbons (Fsp3) is 0.731. The van der Waals surface area contributed by atoms with Gasteiger partial charge in [0.15, 0.2) is 0 Å². The number of unbranched alkanes of at least 4 members (excludes halogenated alkanes) is 1. The van der Waals surface area contributed by atoms with Crippen LogP contribution in [0.25, 0.3) is 0 Å². The van der Waals surface area contributed by atoms with E-state index in [1.54, 1.807) is 16.7 Å². The number of nitrogens with zero attached hydrogens (tertiary/aromatic N) is 3. The van der Waals surface area contributed by atoms with Gasteiger partial charge in [0, 0.05) is 51.1 Å². The van der Waals surface area contributed by atoms with Crippen molar-refractivity contribution in [2.75, 3.05) is 65.7 Å². The number of esters is 1. The summed E-state index contributed by atoms with van der Waals surface area (Å²) in [6.07, 6.45) is 10.9. The summed E-state index contributed by atoms with van der Waals surface area (Å²) in [5.74, 6) is -1.78. The van der Waals surface area contributed by atoms with Crippen LogP contribution < -0.4 is 0 Å². The Balaban J connectivity index is 1.45. The minimum atomic E-state index is -0.807. The van der Waals surface area contributed by atoms with Gasteiger partial charge in [0.1, 0.15) is 6.04 Å². The fourth-order valence-corrected chi connectivity index (χ4v) is 8.22. The largest absolute Gasteiger partial charge is 0.465 e. The summed E-state index contributed by atoms with van der Waals surface area (Å²) in [6, 6.07) is -0.668. The summed E-state index contributed by atoms with van der Waals surface area (Å²) >= 11 is 1.58. The van der Waals surface area contributed by atoms with Gasteiger partial charge in [0.25, 0.3) is 0 Å². The Morgan fingerprint density at radius 1 is 1.03 bits per heavy atom. The van der Waals surface area contributed by atoms with Gasteiger partial charge in [-0.2, -0.15) is 0 Å². The first kappa shape index (κ1) is 25.8. The average molecular weight is 520 g/mol. The number of likely N-dealkylation sites (tertiary alicyclic amines) is 1. The van der Waals surface area contributed by atoms with Crippen LogP contribution in [0.3, 0.4) is 0 Å². The van der Waals surface area contributed by atoms with E-state index in [0.29, 0.717) is 52.3 Å². The molecule has 5 aliphatic rings. The third kappa shape index (κ3) is 4.73. The van der Waals surface area contributed by atoms with Crippen LogP contribution in [-0.4, -0.2) is 119 Å². The van der Waals surface area contributed by atoms with Crippen molar-refractivity contribution in [2.24, 2.45) is 11.8 Å². The standard InChI is InChI=1S/C26H37N3O6S/c30-15-4-3-10-29-22-24(32)28(12-11-27-13-17-34-18-14-27)9-6-8-26(22)21(23(29)31)20-19(36-26)7-2-1-5-16-35-25(20)33/h2,6-8,19-22,30H,1,3-5,9-18H2/b7-2-/t19-,20+,21+,22?,26+/m1/s1. The molecule has 5 heterocycles. The normalized spacial score (nSPS) is 35.9. The van der Waals surface area contributed by atoms with Crippen molar-refractivity contribution in [1.82, 2.24) is 14.7 Å². The molecule has 2 amide bonds. The molecule has 0 radical (unpaired) electrons. The highest BCUT2D eigenvalue weighted by Gasteiger charge is 2.70. The molecule has 3 fully saturated rings. The molecule has 1 N–H and O–H groups in total. The lowest BCUT2D eigenvalue weighted by Crippen LogP contribution is -2.54. The van der Waals surface area contributed by atoms with Gasteiger partial charge in [0.05, 0.1) is 36.4 Å². The van der Waals surface area contributed by atoms with Gasteiger partial charge in [0.2, 0.25) is 11.8 Å². The number of aliphatic hydroxyl groups excluding tert-OH is 1. The first-order chi connectivity index (χ1) is 17.6. The van der Waals surface area contributed by atoms with Crippen LogP contribution in [0.4, 0.5) is 0 Å². The fourth-order valence-electron chi connectivity index (χ4n) is 6.22. The van der Waals surface area contributed by atoms with Crippen LogP contribution in [-0.2, 0) is 23.9 Å². The van der Waals surface area contributed by atoms with Crippen molar-refractivity contribution in [3.05, 3.63) is 24.3 Å². The molecule has 1 unspecified atom stereocenters. The molecule has 9 nitrogen and oxygen atoms in total. The number of hydrogen-bond donors (Lipinski definition) is 1. The molecule has 1 spiro atoms. The van der Waals surface area contributed by atoms with Crippen molar-refractivity contribution >= 4 is 29.5 Å². The van der Waals surface area contributed by atoms with Crippen LogP contribution in [0.5, 0.6) is 0 Å². The van der Waals surface area contributed by atoms with E-state index in [2.05, 4.69) is 17.1 Å². The highest BCUT2D eigenvalue weighted by Crippen LogP contribution is 2.60. The smallest absolute Gasteiger partial charge is 0.311 e. The number of rotatable bonds is 7. The Morgan fingerprint density at radius 2 is 1.86 bits per heavy atom. The highest BCUT2D eigenvalue weighted by molar-refractivity contribution is 8.02. The maximum atomic E-state index is 14.2. The third-order valence-electron chi connectivity index (χ3n) is 8.03. The van der Waals surface area contributed by atoms with Gasteiger partial charge < -0.3 is 24.4 Å². The summed E-state index contributed by atoms with van der Waals surface area (Å²) in [5, 5.41) is 9.12. The molecule has 5 atom stereocenters. The van der Waals surface area contributed by atoms with Crippen LogP contribution in [0.2, 0.25) is 0 Å². The molecule has 0 aromatic heterocycles. The van der Waals surface area contributed by atoms with E-state index < -0.39 is 22.6 Å². The molecule has 198 valence electrons. The van der Waals surface area contributed by atoms with Gasteiger partial charge >= 0.3 is 5.97 Å². The van der Waals surface area contributed by atoms with Gasteiger partial charge in [-0.05, 0) is 25.7 Å². The second-order valence-corrected chi connectivity index (χ2v) is 11.7. The molecule has 0 aliphatic carbocycles. The van der Waals surface area contributed by atoms with Gasteiger partial charge in [-0.15, -0.1) is 11.8 Å². The molecule has 3 saturated heterocycles. The number of carbonyl (C=O) groups is 3. The van der Waals surface area contributed by atoms with Gasteiger partial charge in [-0.3, -0.25) is 19.3 Å². The van der Waals surface area contributed by atoms with Crippen molar-refractivity contribution in [3.8, 4) is 0 Å². The summed E-state index contributed by atoms with van der Waals surface area (Å²) in [7, 11) is 0. The minimum Gasteiger partial charge on any atom is -0.465 e. The summed E-state index contributed by atoms with van der Waals surface area (Å²) in [4.78, 5) is 47.2. The molecule has 0 aromatic rings. The van der Waals surface area contributed by atoms with E-state index in [4.69, 9.17) is 9.47 Å². The Hall–Kier alpha value is -1.88. The number of ether oxygens (including phenoxy) is 2. The SMILES string of the molecule is O=C1OCCC/C=C\[C@H]2S[C@]34C=CCN(CCN5CCOCC5)C(=O)C3N(CCCCO)C(=O)[C@@H]4[C@@H]12. The zero-order valence-corrected chi connectivity index (χ0v) is 21.6. The lowest BCUT2D eigenvalue weighted by Gasteiger charge is -2.36. The minimum absolute atomic E-state index is 0.0390. The first-order valence-corrected chi connectivity index (χ1v) is 14.1. The molecule has 10 heteroatoms. The zero-order valence-electron chi connectivity index (χ0n) is 20.8. The van der Waals surface area contributed by atoms with Gasteiger partial charge in [-0.1, -0.05) is 24.3 Å². The summed E-state index contributed by atoms with van der Waals surface area (Å²) < 4.78 is 10.2. The number of allylic oxidation sites excluding steroid dienone is 1. The quantitative estimate of drug-likeness (QED) is 0.298. The monoisotopic (exact) mass is 519 g/mol. The topological polar surface area (TPSA) is 99.6 Å². The first-order valence-electron chi connectivity index (χ1n) is 13.3. The van der Waals surface area contributed by atoms with Crippen LogP contribution in [0.15, 0.2) is 24.3 Å². The van der Waals surface area contributed by atoms with Crippen molar-refractivity contribution < 1.29 is 29.0 Å². The van der Waals surface area contributed by atoms with Crippen molar-refractivity contribution in [3.63, 3.8) is 0 Å². The van der Waals surface area contributed by atoms with E-state index in [-0.39, 0.29) is 29.6 Å². The maximum Gasteiger partial charge on any atom is 0.311 e. The molecule has 0 aromatic carbocycles. The predicted molar refractivity (Wildman–Crippen MR) is 135 cm³/mol. The Morgan fingerprint density at radius 3 is 2.67 bits per heavy atom. The molecule has 0 saturated carbocycles. The second kappa shape index (κ2) is 11.2. The average Bonchev–Trinajstić information content (AvgIpc) is 3.29. The van der Waals surface area contributed by atoms with E-state index >= 15 is 0 Å². The molecule has 0 bridgehead atoms. The Labute approximate surface area is 216 Å².